The molecule has 1 rings (SSSR count). The van der Waals surface area contributed by atoms with E-state index in [-0.39, 0.29) is 18.9 Å². The van der Waals surface area contributed by atoms with Gasteiger partial charge in [-0.25, -0.2) is 17.2 Å². The van der Waals surface area contributed by atoms with E-state index in [0.717, 1.165) is 0 Å². The molecule has 20 heteroatoms. The minimum absolute atomic E-state index is 0. The number of halogens is 15. The van der Waals surface area contributed by atoms with Gasteiger partial charge in [-0.15, -0.1) is 0 Å². The number of rotatable bonds is 2. The summed E-state index contributed by atoms with van der Waals surface area (Å²) in [6.07, 6.45) is -7.96. The fraction of sp³-hybridized carbons (Fsp3) is 1.00. The van der Waals surface area contributed by atoms with Gasteiger partial charge in [0.25, 0.3) is 0 Å². The molecule has 162 valence electrons. The van der Waals surface area contributed by atoms with Gasteiger partial charge in [-0.05, 0) is 0 Å². The molecule has 28 heavy (non-hydrogen) atoms. The Bertz CT molecular complexity index is 713. The molecule has 0 bridgehead atoms. The average Bonchev–Trinajstić information content (AvgIpc) is 2.40. The summed E-state index contributed by atoms with van der Waals surface area (Å²) in [7, 11) is -8.38. The largest absolute Gasteiger partial charge is 1.00 e. The van der Waals surface area contributed by atoms with E-state index in [0.29, 0.717) is 0 Å². The SMILES string of the molecule is O=S(=O)([O-])C1(F)C(F)(F)C(F)(F)C(F)(C(F)(F)C(F)(F)F)C(F)(F)C1(F)F.[Li+]. The quantitative estimate of drug-likeness (QED) is 0.340. The summed E-state index contributed by atoms with van der Waals surface area (Å²) in [5, 5.41) is -8.02. The number of hydrogen-bond donors (Lipinski definition) is 0. The summed E-state index contributed by atoms with van der Waals surface area (Å²) >= 11 is 0. The van der Waals surface area contributed by atoms with Gasteiger partial charge in [0.15, 0.2) is 0 Å². The molecule has 0 unspecified atom stereocenters. The van der Waals surface area contributed by atoms with Crippen LogP contribution in [0.4, 0.5) is 65.9 Å². The molecule has 1 aliphatic rings. The van der Waals surface area contributed by atoms with Gasteiger partial charge in [-0.3, -0.25) is 0 Å². The Morgan fingerprint density at radius 3 is 1.04 bits per heavy atom. The van der Waals surface area contributed by atoms with E-state index in [1.807, 2.05) is 0 Å². The van der Waals surface area contributed by atoms with Gasteiger partial charge in [0.2, 0.25) is 0 Å². The molecule has 0 radical (unpaired) electrons. The first-order valence-electron chi connectivity index (χ1n) is 5.54. The van der Waals surface area contributed by atoms with Gasteiger partial charge in [0.05, 0.1) is 0 Å². The van der Waals surface area contributed by atoms with Crippen LogP contribution >= 0.6 is 0 Å². The third kappa shape index (κ3) is 2.35. The molecule has 1 aliphatic carbocycles. The van der Waals surface area contributed by atoms with Crippen LogP contribution in [0.25, 0.3) is 0 Å². The molecule has 0 saturated heterocycles. The average molecular weight is 468 g/mol. The van der Waals surface area contributed by atoms with E-state index < -0.39 is 56.6 Å². The first-order valence-corrected chi connectivity index (χ1v) is 6.95. The summed E-state index contributed by atoms with van der Waals surface area (Å²) in [5.41, 5.74) is -8.63. The van der Waals surface area contributed by atoms with Crippen LogP contribution in [0.5, 0.6) is 0 Å². The first kappa shape index (κ1) is 27.5. The maximum absolute atomic E-state index is 13.7. The fourth-order valence-electron chi connectivity index (χ4n) is 2.13. The summed E-state index contributed by atoms with van der Waals surface area (Å²) in [6.45, 7) is 0. The van der Waals surface area contributed by atoms with Crippen LogP contribution in [0.2, 0.25) is 0 Å². The zero-order valence-electron chi connectivity index (χ0n) is 12.3. The van der Waals surface area contributed by atoms with Crippen LogP contribution in [0.1, 0.15) is 0 Å². The first-order chi connectivity index (χ1) is 11.2. The summed E-state index contributed by atoms with van der Waals surface area (Å²) in [4.78, 5) is 0. The van der Waals surface area contributed by atoms with Crippen molar-refractivity contribution in [1.82, 2.24) is 0 Å². The van der Waals surface area contributed by atoms with Crippen LogP contribution in [-0.2, 0) is 10.1 Å². The van der Waals surface area contributed by atoms with Gasteiger partial charge in [0.1, 0.15) is 10.1 Å². The molecule has 0 aromatic carbocycles. The van der Waals surface area contributed by atoms with Crippen LogP contribution in [-0.4, -0.2) is 59.4 Å². The molecule has 0 spiro atoms. The smallest absolute Gasteiger partial charge is 0.745 e. The Morgan fingerprint density at radius 1 is 0.607 bits per heavy atom. The predicted octanol–water partition coefficient (Wildman–Crippen LogP) is 0.662. The Hall–Kier alpha value is -0.543. The van der Waals surface area contributed by atoms with Crippen molar-refractivity contribution in [1.29, 1.82) is 0 Å². The normalized spacial score (nSPS) is 34.4. The van der Waals surface area contributed by atoms with Crippen molar-refractivity contribution in [2.45, 2.75) is 46.5 Å². The van der Waals surface area contributed by atoms with E-state index >= 15 is 0 Å². The maximum atomic E-state index is 13.7. The van der Waals surface area contributed by atoms with Crippen molar-refractivity contribution in [3.8, 4) is 0 Å². The standard InChI is InChI=1S/C8HF15O3S.Li/c9-1(4(14,15)8(21,22)23)2(10,11)5(16,17)7(20,27(24,25)26)6(18,19)3(1,12)13;/h(H,24,25,26);/q;+1/p-1. The van der Waals surface area contributed by atoms with E-state index in [1.54, 1.807) is 0 Å². The molecular formula is C8F15LiO3S. The van der Waals surface area contributed by atoms with Crippen LogP contribution in [0.15, 0.2) is 0 Å². The molecule has 3 nitrogen and oxygen atoms in total. The van der Waals surface area contributed by atoms with Gasteiger partial charge >= 0.3 is 65.3 Å². The topological polar surface area (TPSA) is 57.2 Å². The number of alkyl halides is 15. The summed E-state index contributed by atoms with van der Waals surface area (Å²) in [6, 6.07) is 0. The predicted molar refractivity (Wildman–Crippen MR) is 48.2 cm³/mol. The number of hydrogen-bond acceptors (Lipinski definition) is 3. The van der Waals surface area contributed by atoms with Gasteiger partial charge in [0, 0.05) is 0 Å². The van der Waals surface area contributed by atoms with E-state index in [2.05, 4.69) is 0 Å². The zero-order chi connectivity index (χ0) is 22.5. The van der Waals surface area contributed by atoms with E-state index in [9.17, 15) is 78.8 Å². The van der Waals surface area contributed by atoms with Crippen LogP contribution < -0.4 is 18.9 Å². The van der Waals surface area contributed by atoms with Crippen molar-refractivity contribution in [2.24, 2.45) is 0 Å². The van der Waals surface area contributed by atoms with Crippen molar-refractivity contribution < 1.29 is 97.7 Å². The Morgan fingerprint density at radius 2 is 0.857 bits per heavy atom. The Kier molecular flexibility index (Phi) is 5.88. The van der Waals surface area contributed by atoms with Crippen molar-refractivity contribution >= 4 is 10.1 Å². The third-order valence-electron chi connectivity index (χ3n) is 3.59. The molecule has 0 aliphatic heterocycles. The molecule has 0 aromatic heterocycles. The Balaban J connectivity index is 0.00000729. The second kappa shape index (κ2) is 6.00. The molecule has 0 atom stereocenters. The molecule has 0 amide bonds. The van der Waals surface area contributed by atoms with Gasteiger partial charge in [-0.1, -0.05) is 0 Å². The van der Waals surface area contributed by atoms with E-state index in [1.165, 1.54) is 0 Å². The molecular weight excluding hydrogens is 468 g/mol. The minimum atomic E-state index is -8.63. The van der Waals surface area contributed by atoms with Crippen molar-refractivity contribution in [3.63, 3.8) is 0 Å². The van der Waals surface area contributed by atoms with Crippen molar-refractivity contribution in [3.05, 3.63) is 0 Å². The monoisotopic (exact) mass is 468 g/mol. The Labute approximate surface area is 155 Å². The van der Waals surface area contributed by atoms with Crippen molar-refractivity contribution in [2.75, 3.05) is 0 Å². The third-order valence-corrected chi connectivity index (χ3v) is 4.80. The summed E-state index contributed by atoms with van der Waals surface area (Å²) in [5.74, 6) is -42.1. The zero-order valence-corrected chi connectivity index (χ0v) is 13.1. The fourth-order valence-corrected chi connectivity index (χ4v) is 3.02. The molecule has 1 fully saturated rings. The molecule has 0 heterocycles. The molecule has 0 N–H and O–H groups in total. The minimum Gasteiger partial charge on any atom is -0.745 e. The van der Waals surface area contributed by atoms with E-state index in [4.69, 9.17) is 0 Å². The van der Waals surface area contributed by atoms with Crippen LogP contribution in [0, 0.1) is 0 Å². The second-order valence-corrected chi connectivity index (χ2v) is 6.55. The maximum Gasteiger partial charge on any atom is 1.00 e. The van der Waals surface area contributed by atoms with Gasteiger partial charge < -0.3 is 4.55 Å². The molecule has 1 saturated carbocycles. The van der Waals surface area contributed by atoms with Crippen LogP contribution in [0.3, 0.4) is 0 Å². The second-order valence-electron chi connectivity index (χ2n) is 5.08. The van der Waals surface area contributed by atoms with Gasteiger partial charge in [-0.2, -0.15) is 57.1 Å². The summed E-state index contributed by atoms with van der Waals surface area (Å²) < 4.78 is 227. The molecule has 0 aromatic rings.